The third kappa shape index (κ3) is 4.94. The number of halogens is 2. The minimum absolute atomic E-state index is 0.494. The molecular weight excluding hydrogens is 228 g/mol. The summed E-state index contributed by atoms with van der Waals surface area (Å²) in [5.41, 5.74) is 0. The van der Waals surface area contributed by atoms with E-state index in [-0.39, 0.29) is 0 Å². The van der Waals surface area contributed by atoms with Gasteiger partial charge in [-0.1, -0.05) is 13.8 Å². The Bertz CT molecular complexity index is 329. The van der Waals surface area contributed by atoms with Gasteiger partial charge in [-0.05, 0) is 36.9 Å². The highest BCUT2D eigenvalue weighted by molar-refractivity contribution is 7.99. The summed E-state index contributed by atoms with van der Waals surface area (Å²) in [4.78, 5) is 0.781. The Labute approximate surface area is 99.6 Å². The topological polar surface area (TPSA) is 12.0 Å². The molecule has 1 aromatic rings. The molecule has 0 aliphatic carbocycles. The summed E-state index contributed by atoms with van der Waals surface area (Å²) in [7, 11) is 0. The highest BCUT2D eigenvalue weighted by Crippen LogP contribution is 2.20. The molecule has 0 radical (unpaired) electrons. The molecule has 4 heteroatoms. The van der Waals surface area contributed by atoms with E-state index in [1.165, 1.54) is 12.1 Å². The smallest absolute Gasteiger partial charge is 0.159 e. The molecule has 1 nitrogen and oxygen atoms in total. The average molecular weight is 245 g/mol. The average Bonchev–Trinajstić information content (AvgIpc) is 2.22. The maximum absolute atomic E-state index is 12.9. The van der Waals surface area contributed by atoms with Gasteiger partial charge in [0.25, 0.3) is 0 Å². The van der Waals surface area contributed by atoms with Gasteiger partial charge in [0.2, 0.25) is 0 Å². The molecule has 0 fully saturated rings. The second-order valence-electron chi connectivity index (χ2n) is 3.89. The van der Waals surface area contributed by atoms with Crippen molar-refractivity contribution in [3.8, 4) is 0 Å². The van der Waals surface area contributed by atoms with Crippen LogP contribution in [0.2, 0.25) is 0 Å². The maximum atomic E-state index is 12.9. The van der Waals surface area contributed by atoms with Gasteiger partial charge in [0.05, 0.1) is 0 Å². The molecule has 0 bridgehead atoms. The lowest BCUT2D eigenvalue weighted by Gasteiger charge is -2.07. The number of benzene rings is 1. The van der Waals surface area contributed by atoms with Crippen molar-refractivity contribution >= 4 is 11.8 Å². The third-order valence-corrected chi connectivity index (χ3v) is 3.11. The number of hydrogen-bond acceptors (Lipinski definition) is 2. The monoisotopic (exact) mass is 245 g/mol. The molecule has 90 valence electrons. The van der Waals surface area contributed by atoms with Crippen LogP contribution in [0.3, 0.4) is 0 Å². The maximum Gasteiger partial charge on any atom is 0.159 e. The van der Waals surface area contributed by atoms with Crippen LogP contribution in [0.1, 0.15) is 20.3 Å². The second-order valence-corrected chi connectivity index (χ2v) is 5.06. The Morgan fingerprint density at radius 1 is 1.25 bits per heavy atom. The SMILES string of the molecule is CC(C)NCCCSc1ccc(F)c(F)c1. The first kappa shape index (κ1) is 13.5. The van der Waals surface area contributed by atoms with Crippen molar-refractivity contribution in [1.82, 2.24) is 5.32 Å². The van der Waals surface area contributed by atoms with Crippen LogP contribution in [0, 0.1) is 11.6 Å². The van der Waals surface area contributed by atoms with Crippen molar-refractivity contribution in [1.29, 1.82) is 0 Å². The zero-order valence-electron chi connectivity index (χ0n) is 9.59. The van der Waals surface area contributed by atoms with Crippen molar-refractivity contribution in [3.63, 3.8) is 0 Å². The quantitative estimate of drug-likeness (QED) is 0.608. The first-order valence-corrected chi connectivity index (χ1v) is 6.39. The highest BCUT2D eigenvalue weighted by Gasteiger charge is 2.02. The Morgan fingerprint density at radius 2 is 2.00 bits per heavy atom. The van der Waals surface area contributed by atoms with Gasteiger partial charge in [0, 0.05) is 10.9 Å². The summed E-state index contributed by atoms with van der Waals surface area (Å²) in [5.74, 6) is -0.652. The molecule has 0 unspecified atom stereocenters. The number of hydrogen-bond donors (Lipinski definition) is 1. The number of thioether (sulfide) groups is 1. The van der Waals surface area contributed by atoms with Crippen molar-refractivity contribution in [3.05, 3.63) is 29.8 Å². The van der Waals surface area contributed by atoms with Crippen LogP contribution in [-0.2, 0) is 0 Å². The molecule has 16 heavy (non-hydrogen) atoms. The van der Waals surface area contributed by atoms with Crippen LogP contribution in [0.25, 0.3) is 0 Å². The summed E-state index contributed by atoms with van der Waals surface area (Å²) < 4.78 is 25.5. The van der Waals surface area contributed by atoms with Gasteiger partial charge >= 0.3 is 0 Å². The van der Waals surface area contributed by atoms with Gasteiger partial charge in [-0.15, -0.1) is 11.8 Å². The number of rotatable bonds is 6. The van der Waals surface area contributed by atoms with E-state index < -0.39 is 11.6 Å². The molecular formula is C12H17F2NS. The van der Waals surface area contributed by atoms with E-state index in [2.05, 4.69) is 19.2 Å². The molecule has 0 saturated heterocycles. The van der Waals surface area contributed by atoms with Crippen LogP contribution < -0.4 is 5.32 Å². The molecule has 0 aliphatic rings. The van der Waals surface area contributed by atoms with E-state index in [4.69, 9.17) is 0 Å². The van der Waals surface area contributed by atoms with Crippen molar-refractivity contribution in [2.45, 2.75) is 31.2 Å². The highest BCUT2D eigenvalue weighted by atomic mass is 32.2. The van der Waals surface area contributed by atoms with E-state index in [0.717, 1.165) is 23.6 Å². The fourth-order valence-electron chi connectivity index (χ4n) is 1.22. The lowest BCUT2D eigenvalue weighted by molar-refractivity contribution is 0.506. The summed E-state index contributed by atoms with van der Waals surface area (Å²) in [6.45, 7) is 5.15. The molecule has 0 aliphatic heterocycles. The fourth-order valence-corrected chi connectivity index (χ4v) is 2.10. The largest absolute Gasteiger partial charge is 0.315 e. The summed E-state index contributed by atoms with van der Waals surface area (Å²) in [6, 6.07) is 4.52. The first-order chi connectivity index (χ1) is 7.59. The Balaban J connectivity index is 2.24. The Kier molecular flexibility index (Phi) is 5.77. The summed E-state index contributed by atoms with van der Waals surface area (Å²) in [5, 5.41) is 3.30. The molecule has 0 atom stereocenters. The second kappa shape index (κ2) is 6.86. The standard InChI is InChI=1S/C12H17F2NS/c1-9(2)15-6-3-7-16-10-4-5-11(13)12(14)8-10/h4-5,8-9,15H,3,6-7H2,1-2H3. The van der Waals surface area contributed by atoms with Crippen LogP contribution >= 0.6 is 11.8 Å². The molecule has 0 aromatic heterocycles. The van der Waals surface area contributed by atoms with Crippen LogP contribution in [0.5, 0.6) is 0 Å². The van der Waals surface area contributed by atoms with E-state index in [1.54, 1.807) is 17.8 Å². The zero-order valence-corrected chi connectivity index (χ0v) is 10.4. The minimum Gasteiger partial charge on any atom is -0.315 e. The van der Waals surface area contributed by atoms with E-state index in [9.17, 15) is 8.78 Å². The number of nitrogens with one attached hydrogen (secondary N) is 1. The van der Waals surface area contributed by atoms with Crippen LogP contribution in [0.15, 0.2) is 23.1 Å². The molecule has 1 rings (SSSR count). The predicted octanol–water partition coefficient (Wildman–Crippen LogP) is 3.45. The van der Waals surface area contributed by atoms with Crippen molar-refractivity contribution in [2.24, 2.45) is 0 Å². The van der Waals surface area contributed by atoms with E-state index in [1.807, 2.05) is 0 Å². The summed E-state index contributed by atoms with van der Waals surface area (Å²) >= 11 is 1.55. The fraction of sp³-hybridized carbons (Fsp3) is 0.500. The first-order valence-electron chi connectivity index (χ1n) is 5.41. The van der Waals surface area contributed by atoms with Crippen LogP contribution in [0.4, 0.5) is 8.78 Å². The predicted molar refractivity (Wildman–Crippen MR) is 64.8 cm³/mol. The normalized spacial score (nSPS) is 11.1. The summed E-state index contributed by atoms with van der Waals surface area (Å²) in [6.07, 6.45) is 1.02. The van der Waals surface area contributed by atoms with Gasteiger partial charge in [-0.25, -0.2) is 8.78 Å². The van der Waals surface area contributed by atoms with Crippen molar-refractivity contribution in [2.75, 3.05) is 12.3 Å². The van der Waals surface area contributed by atoms with E-state index in [0.29, 0.717) is 6.04 Å². The van der Waals surface area contributed by atoms with E-state index >= 15 is 0 Å². The van der Waals surface area contributed by atoms with Gasteiger partial charge in [0.1, 0.15) is 0 Å². The lowest BCUT2D eigenvalue weighted by atomic mass is 10.3. The molecule has 0 amide bonds. The minimum atomic E-state index is -0.786. The molecule has 0 spiro atoms. The molecule has 0 saturated carbocycles. The van der Waals surface area contributed by atoms with Gasteiger partial charge in [0.15, 0.2) is 11.6 Å². The molecule has 0 heterocycles. The van der Waals surface area contributed by atoms with Gasteiger partial charge in [-0.2, -0.15) is 0 Å². The zero-order chi connectivity index (χ0) is 12.0. The van der Waals surface area contributed by atoms with Gasteiger partial charge < -0.3 is 5.32 Å². The molecule has 1 aromatic carbocycles. The van der Waals surface area contributed by atoms with Crippen LogP contribution in [-0.4, -0.2) is 18.3 Å². The Morgan fingerprint density at radius 3 is 2.62 bits per heavy atom. The Hall–Kier alpha value is -0.610. The van der Waals surface area contributed by atoms with Crippen molar-refractivity contribution < 1.29 is 8.78 Å². The molecule has 1 N–H and O–H groups in total. The third-order valence-electron chi connectivity index (χ3n) is 2.03. The lowest BCUT2D eigenvalue weighted by Crippen LogP contribution is -2.23. The van der Waals surface area contributed by atoms with Gasteiger partial charge in [-0.3, -0.25) is 0 Å².